The Hall–Kier alpha value is -1.80. The van der Waals surface area contributed by atoms with Gasteiger partial charge < -0.3 is 10.5 Å². The first-order valence-corrected chi connectivity index (χ1v) is 6.88. The highest BCUT2D eigenvalue weighted by Gasteiger charge is 2.25. The fraction of sp³-hybridized carbons (Fsp3) is 0.333. The van der Waals surface area contributed by atoms with Gasteiger partial charge >= 0.3 is 0 Å². The third-order valence-electron chi connectivity index (χ3n) is 4.10. The van der Waals surface area contributed by atoms with E-state index in [2.05, 4.69) is 52.0 Å². The van der Waals surface area contributed by atoms with Crippen LogP contribution in [0.4, 0.5) is 0 Å². The lowest BCUT2D eigenvalue weighted by Crippen LogP contribution is -2.35. The average Bonchev–Trinajstić information content (AvgIpc) is 2.41. The molecule has 2 aromatic rings. The predicted octanol–water partition coefficient (Wildman–Crippen LogP) is 3.84. The van der Waals surface area contributed by atoms with Crippen molar-refractivity contribution < 1.29 is 4.74 Å². The van der Waals surface area contributed by atoms with Gasteiger partial charge in [0.15, 0.2) is 0 Å². The molecule has 0 heterocycles. The summed E-state index contributed by atoms with van der Waals surface area (Å²) < 4.78 is 5.26. The molecule has 0 fully saturated rings. The lowest BCUT2D eigenvalue weighted by molar-refractivity contribution is 0.414. The Kier molecular flexibility index (Phi) is 3.87. The van der Waals surface area contributed by atoms with Crippen LogP contribution in [0.1, 0.15) is 34.7 Å². The van der Waals surface area contributed by atoms with Gasteiger partial charge in [0.25, 0.3) is 0 Å². The van der Waals surface area contributed by atoms with Gasteiger partial charge in [-0.1, -0.05) is 24.3 Å². The highest BCUT2D eigenvalue weighted by molar-refractivity contribution is 5.46. The number of aryl methyl sites for hydroxylation is 3. The number of ether oxygens (including phenoxy) is 1. The van der Waals surface area contributed by atoms with Crippen molar-refractivity contribution in [2.45, 2.75) is 33.2 Å². The summed E-state index contributed by atoms with van der Waals surface area (Å²) in [5.41, 5.74) is 12.1. The van der Waals surface area contributed by atoms with E-state index in [-0.39, 0.29) is 0 Å². The molecule has 0 saturated heterocycles. The van der Waals surface area contributed by atoms with Gasteiger partial charge in [-0.3, -0.25) is 0 Å². The smallest absolute Gasteiger partial charge is 0.119 e. The first kappa shape index (κ1) is 14.6. The molecule has 2 nitrogen and oxygen atoms in total. The first-order valence-electron chi connectivity index (χ1n) is 6.88. The molecule has 2 rings (SSSR count). The summed E-state index contributed by atoms with van der Waals surface area (Å²) in [5.74, 6) is 0.863. The van der Waals surface area contributed by atoms with E-state index >= 15 is 0 Å². The Morgan fingerprint density at radius 3 is 2.15 bits per heavy atom. The molecule has 2 N–H and O–H groups in total. The second kappa shape index (κ2) is 5.29. The minimum atomic E-state index is -0.505. The van der Waals surface area contributed by atoms with E-state index in [0.717, 1.165) is 22.4 Å². The van der Waals surface area contributed by atoms with Gasteiger partial charge in [0.2, 0.25) is 0 Å². The lowest BCUT2D eigenvalue weighted by Gasteiger charge is -2.28. The summed E-state index contributed by atoms with van der Waals surface area (Å²) in [6.07, 6.45) is 0. The Labute approximate surface area is 121 Å². The first-order chi connectivity index (χ1) is 9.36. The Balaban J connectivity index is 2.51. The maximum Gasteiger partial charge on any atom is 0.119 e. The van der Waals surface area contributed by atoms with Gasteiger partial charge in [-0.25, -0.2) is 0 Å². The van der Waals surface area contributed by atoms with Crippen LogP contribution >= 0.6 is 0 Å². The highest BCUT2D eigenvalue weighted by atomic mass is 16.5. The number of rotatable bonds is 3. The molecule has 0 bridgehead atoms. The lowest BCUT2D eigenvalue weighted by atomic mass is 9.82. The molecule has 0 saturated carbocycles. The zero-order chi connectivity index (χ0) is 14.9. The quantitative estimate of drug-likeness (QED) is 0.918. The molecule has 0 spiro atoms. The Morgan fingerprint density at radius 1 is 0.900 bits per heavy atom. The molecular formula is C18H23NO. The van der Waals surface area contributed by atoms with Crippen molar-refractivity contribution in [1.29, 1.82) is 0 Å². The fourth-order valence-electron chi connectivity index (χ4n) is 2.57. The van der Waals surface area contributed by atoms with E-state index in [1.807, 2.05) is 12.1 Å². The number of methoxy groups -OCH3 is 1. The van der Waals surface area contributed by atoms with Crippen LogP contribution in [0.25, 0.3) is 0 Å². The third-order valence-corrected chi connectivity index (χ3v) is 4.10. The molecule has 1 atom stereocenters. The molecule has 0 radical (unpaired) electrons. The van der Waals surface area contributed by atoms with Gasteiger partial charge in [-0.2, -0.15) is 0 Å². The molecular weight excluding hydrogens is 246 g/mol. The zero-order valence-corrected chi connectivity index (χ0v) is 12.9. The monoisotopic (exact) mass is 269 g/mol. The van der Waals surface area contributed by atoms with E-state index in [0.29, 0.717) is 0 Å². The van der Waals surface area contributed by atoms with Crippen molar-refractivity contribution in [3.8, 4) is 5.75 Å². The number of benzene rings is 2. The summed E-state index contributed by atoms with van der Waals surface area (Å²) in [4.78, 5) is 0. The van der Waals surface area contributed by atoms with Crippen molar-refractivity contribution in [3.05, 3.63) is 64.2 Å². The largest absolute Gasteiger partial charge is 0.497 e. The van der Waals surface area contributed by atoms with Crippen LogP contribution in [0.15, 0.2) is 36.4 Å². The number of nitrogens with two attached hydrogens (primary N) is 1. The summed E-state index contributed by atoms with van der Waals surface area (Å²) >= 11 is 0. The van der Waals surface area contributed by atoms with E-state index < -0.39 is 5.54 Å². The SMILES string of the molecule is COc1ccc(C(C)(N)c2ccc(C)c(C)c2)c(C)c1. The van der Waals surface area contributed by atoms with Crippen LogP contribution in [-0.4, -0.2) is 7.11 Å². The molecule has 2 heteroatoms. The normalized spacial score (nSPS) is 13.9. The number of hydrogen-bond acceptors (Lipinski definition) is 2. The molecule has 20 heavy (non-hydrogen) atoms. The van der Waals surface area contributed by atoms with Crippen LogP contribution in [0, 0.1) is 20.8 Å². The van der Waals surface area contributed by atoms with Crippen molar-refractivity contribution in [3.63, 3.8) is 0 Å². The molecule has 106 valence electrons. The maximum absolute atomic E-state index is 6.63. The van der Waals surface area contributed by atoms with Gasteiger partial charge in [-0.05, 0) is 67.6 Å². The van der Waals surface area contributed by atoms with Crippen molar-refractivity contribution >= 4 is 0 Å². The average molecular weight is 269 g/mol. The Morgan fingerprint density at radius 2 is 1.60 bits per heavy atom. The molecule has 0 aliphatic carbocycles. The summed E-state index contributed by atoms with van der Waals surface area (Å²) in [6.45, 7) is 8.37. The van der Waals surface area contributed by atoms with Gasteiger partial charge in [0.05, 0.1) is 12.6 Å². The standard InChI is InChI=1S/C18H23NO/c1-12-6-7-15(10-13(12)2)18(4,19)17-9-8-16(20-5)11-14(17)3/h6-11H,19H2,1-5H3. The fourth-order valence-corrected chi connectivity index (χ4v) is 2.57. The molecule has 0 aromatic heterocycles. The van der Waals surface area contributed by atoms with E-state index in [9.17, 15) is 0 Å². The topological polar surface area (TPSA) is 35.2 Å². The summed E-state index contributed by atoms with van der Waals surface area (Å²) in [5, 5.41) is 0. The van der Waals surface area contributed by atoms with Crippen LogP contribution in [0.2, 0.25) is 0 Å². The minimum absolute atomic E-state index is 0.505. The third kappa shape index (κ3) is 2.56. The molecule has 0 aliphatic rings. The maximum atomic E-state index is 6.63. The molecule has 2 aromatic carbocycles. The van der Waals surface area contributed by atoms with Crippen LogP contribution < -0.4 is 10.5 Å². The zero-order valence-electron chi connectivity index (χ0n) is 12.9. The van der Waals surface area contributed by atoms with Crippen molar-refractivity contribution in [2.75, 3.05) is 7.11 Å². The van der Waals surface area contributed by atoms with E-state index in [1.54, 1.807) is 7.11 Å². The van der Waals surface area contributed by atoms with E-state index in [1.165, 1.54) is 11.1 Å². The van der Waals surface area contributed by atoms with Crippen molar-refractivity contribution in [2.24, 2.45) is 5.73 Å². The second-order valence-electron chi connectivity index (χ2n) is 5.68. The van der Waals surface area contributed by atoms with Crippen LogP contribution in [0.3, 0.4) is 0 Å². The number of hydrogen-bond donors (Lipinski definition) is 1. The Bertz CT molecular complexity index is 629. The van der Waals surface area contributed by atoms with Gasteiger partial charge in [0, 0.05) is 0 Å². The highest BCUT2D eigenvalue weighted by Crippen LogP contribution is 2.31. The van der Waals surface area contributed by atoms with E-state index in [4.69, 9.17) is 10.5 Å². The predicted molar refractivity (Wildman–Crippen MR) is 84.3 cm³/mol. The second-order valence-corrected chi connectivity index (χ2v) is 5.68. The van der Waals surface area contributed by atoms with Crippen LogP contribution in [-0.2, 0) is 5.54 Å². The van der Waals surface area contributed by atoms with Crippen molar-refractivity contribution in [1.82, 2.24) is 0 Å². The molecule has 0 aliphatic heterocycles. The minimum Gasteiger partial charge on any atom is -0.497 e. The van der Waals surface area contributed by atoms with Gasteiger partial charge in [-0.15, -0.1) is 0 Å². The van der Waals surface area contributed by atoms with Crippen LogP contribution in [0.5, 0.6) is 5.75 Å². The molecule has 1 unspecified atom stereocenters. The molecule has 0 amide bonds. The van der Waals surface area contributed by atoms with Gasteiger partial charge in [0.1, 0.15) is 5.75 Å². The summed E-state index contributed by atoms with van der Waals surface area (Å²) in [7, 11) is 1.68. The summed E-state index contributed by atoms with van der Waals surface area (Å²) in [6, 6.07) is 12.5.